The molecule has 0 aliphatic rings. The van der Waals surface area contributed by atoms with Crippen LogP contribution in [-0.2, 0) is 11.0 Å². The predicted octanol–water partition coefficient (Wildman–Crippen LogP) is 7.05. The quantitative estimate of drug-likeness (QED) is 0.383. The largest absolute Gasteiger partial charge is 0.416 e. The van der Waals surface area contributed by atoms with E-state index in [4.69, 9.17) is 0 Å². The molecule has 0 unspecified atom stereocenters. The molecule has 2 rings (SSSR count). The lowest BCUT2D eigenvalue weighted by Crippen LogP contribution is -2.11. The molecular formula is C25H30F3N3O. The minimum absolute atomic E-state index is 0.378. The van der Waals surface area contributed by atoms with Gasteiger partial charge in [0.05, 0.1) is 11.3 Å². The van der Waals surface area contributed by atoms with E-state index in [9.17, 15) is 18.0 Å². The second-order valence-electron chi connectivity index (χ2n) is 7.07. The molecule has 0 aliphatic heterocycles. The topological polar surface area (TPSA) is 44.7 Å². The third-order valence-electron chi connectivity index (χ3n) is 4.15. The van der Waals surface area contributed by atoms with E-state index in [1.54, 1.807) is 50.3 Å². The number of aliphatic imine (C=N–C) groups is 1. The first-order chi connectivity index (χ1) is 15.1. The average Bonchev–Trinajstić information content (AvgIpc) is 2.73. The minimum atomic E-state index is -4.39. The molecule has 0 aliphatic carbocycles. The summed E-state index contributed by atoms with van der Waals surface area (Å²) in [5.74, 6) is 1.93. The number of anilines is 2. The number of hydrogen-bond donors (Lipinski definition) is 1. The van der Waals surface area contributed by atoms with E-state index in [1.807, 2.05) is 18.9 Å². The first-order valence-corrected chi connectivity index (χ1v) is 10.3. The van der Waals surface area contributed by atoms with Gasteiger partial charge in [-0.15, -0.1) is 0 Å². The lowest BCUT2D eigenvalue weighted by molar-refractivity contribution is -0.137. The third-order valence-corrected chi connectivity index (χ3v) is 4.15. The van der Waals surface area contributed by atoms with Crippen molar-refractivity contribution in [3.05, 3.63) is 65.2 Å². The first-order valence-electron chi connectivity index (χ1n) is 10.3. The smallest absolute Gasteiger partial charge is 0.368 e. The molecular weight excluding hydrogens is 415 g/mol. The van der Waals surface area contributed by atoms with Crippen molar-refractivity contribution in [1.82, 2.24) is 4.90 Å². The highest BCUT2D eigenvalue weighted by Crippen LogP contribution is 2.33. The summed E-state index contributed by atoms with van der Waals surface area (Å²) < 4.78 is 38.4. The monoisotopic (exact) mass is 445 g/mol. The molecule has 0 aromatic heterocycles. The van der Waals surface area contributed by atoms with Crippen molar-refractivity contribution in [1.29, 1.82) is 0 Å². The van der Waals surface area contributed by atoms with Crippen LogP contribution in [-0.4, -0.2) is 31.2 Å². The van der Waals surface area contributed by atoms with Crippen LogP contribution in [0.4, 0.5) is 24.5 Å². The molecule has 0 fully saturated rings. The van der Waals surface area contributed by atoms with Crippen molar-refractivity contribution >= 4 is 34.9 Å². The number of benzene rings is 2. The molecule has 1 N–H and O–H groups in total. The fourth-order valence-corrected chi connectivity index (χ4v) is 2.76. The molecule has 32 heavy (non-hydrogen) atoms. The summed E-state index contributed by atoms with van der Waals surface area (Å²) in [6.07, 6.45) is 0.326. The number of hydrogen-bond acceptors (Lipinski definition) is 4. The van der Waals surface area contributed by atoms with Crippen LogP contribution in [0.5, 0.6) is 0 Å². The van der Waals surface area contributed by atoms with E-state index < -0.39 is 11.7 Å². The molecule has 2 aromatic rings. The number of nitrogens with zero attached hydrogens (tertiary/aromatic N) is 2. The minimum Gasteiger partial charge on any atom is -0.368 e. The van der Waals surface area contributed by atoms with E-state index in [0.717, 1.165) is 12.1 Å². The summed E-state index contributed by atoms with van der Waals surface area (Å²) in [5, 5.41) is 3.13. The molecule has 172 valence electrons. The van der Waals surface area contributed by atoms with Crippen LogP contribution in [0, 0.1) is 0 Å². The van der Waals surface area contributed by atoms with Crippen molar-refractivity contribution < 1.29 is 18.0 Å². The summed E-state index contributed by atoms with van der Waals surface area (Å²) in [4.78, 5) is 17.4. The fraction of sp³-hybridized carbons (Fsp3) is 0.320. The van der Waals surface area contributed by atoms with Gasteiger partial charge in [-0.1, -0.05) is 32.4 Å². The fourth-order valence-electron chi connectivity index (χ4n) is 2.76. The van der Waals surface area contributed by atoms with Gasteiger partial charge in [-0.2, -0.15) is 13.2 Å². The van der Waals surface area contributed by atoms with Crippen LogP contribution >= 0.6 is 0 Å². The molecule has 0 saturated heterocycles. The summed E-state index contributed by atoms with van der Waals surface area (Å²) in [6.45, 7) is 7.87. The maximum Gasteiger partial charge on any atom is 0.416 e. The molecule has 0 amide bonds. The summed E-state index contributed by atoms with van der Waals surface area (Å²) >= 11 is 0. The molecule has 7 heteroatoms. The number of carbonyl (C=O) groups excluding carboxylic acids is 1. The van der Waals surface area contributed by atoms with E-state index >= 15 is 0 Å². The van der Waals surface area contributed by atoms with Gasteiger partial charge >= 0.3 is 6.18 Å². The lowest BCUT2D eigenvalue weighted by Gasteiger charge is -2.18. The molecule has 0 bridgehead atoms. The zero-order chi connectivity index (χ0) is 24.3. The van der Waals surface area contributed by atoms with Gasteiger partial charge in [0.15, 0.2) is 5.94 Å². The van der Waals surface area contributed by atoms with Gasteiger partial charge in [0, 0.05) is 42.8 Å². The van der Waals surface area contributed by atoms with Gasteiger partial charge < -0.3 is 10.2 Å². The van der Waals surface area contributed by atoms with Crippen LogP contribution < -0.4 is 5.32 Å². The Bertz CT molecular complexity index is 984. The van der Waals surface area contributed by atoms with Crippen LogP contribution in [0.2, 0.25) is 0 Å². The van der Waals surface area contributed by atoms with Crippen molar-refractivity contribution in [2.45, 2.75) is 40.3 Å². The maximum atomic E-state index is 12.8. The molecule has 4 nitrogen and oxygen atoms in total. The van der Waals surface area contributed by atoms with Crippen LogP contribution in [0.3, 0.4) is 0 Å². The SMILES string of the molecule is CC=N/C(=C\C)c1cc(C(=C=O)N(C)C)ccc1Nc1ccc(C(F)(F)F)cc1.CCC. The Kier molecular flexibility index (Phi) is 10.5. The van der Waals surface area contributed by atoms with Crippen molar-refractivity contribution in [2.75, 3.05) is 19.4 Å². The Morgan fingerprint density at radius 1 is 1.09 bits per heavy atom. The highest BCUT2D eigenvalue weighted by atomic mass is 19.4. The van der Waals surface area contributed by atoms with Crippen LogP contribution in [0.25, 0.3) is 11.4 Å². The number of rotatable bonds is 6. The Labute approximate surface area is 188 Å². The Morgan fingerprint density at radius 2 is 1.69 bits per heavy atom. The lowest BCUT2D eigenvalue weighted by atomic mass is 10.0. The molecule has 0 atom stereocenters. The highest BCUT2D eigenvalue weighted by molar-refractivity contribution is 5.90. The Hall–Kier alpha value is -3.31. The van der Waals surface area contributed by atoms with E-state index in [2.05, 4.69) is 24.2 Å². The van der Waals surface area contributed by atoms with Gasteiger partial charge in [0.1, 0.15) is 5.70 Å². The average molecular weight is 446 g/mol. The van der Waals surface area contributed by atoms with Gasteiger partial charge in [0.25, 0.3) is 0 Å². The normalized spacial score (nSPS) is 11.5. The van der Waals surface area contributed by atoms with Gasteiger partial charge in [-0.25, -0.2) is 4.79 Å². The number of allylic oxidation sites excluding steroid dienone is 1. The molecule has 0 saturated carbocycles. The van der Waals surface area contributed by atoms with Crippen molar-refractivity contribution in [2.24, 2.45) is 4.99 Å². The summed E-state index contributed by atoms with van der Waals surface area (Å²) in [7, 11) is 3.49. The second-order valence-corrected chi connectivity index (χ2v) is 7.07. The number of halogens is 3. The van der Waals surface area contributed by atoms with E-state index in [1.165, 1.54) is 18.6 Å². The number of nitrogens with one attached hydrogen (secondary N) is 1. The van der Waals surface area contributed by atoms with Crippen LogP contribution in [0.15, 0.2) is 53.5 Å². The zero-order valence-corrected chi connectivity index (χ0v) is 19.3. The van der Waals surface area contributed by atoms with Crippen molar-refractivity contribution in [3.8, 4) is 0 Å². The molecule has 0 radical (unpaired) electrons. The summed E-state index contributed by atoms with van der Waals surface area (Å²) in [5.41, 5.74) is 2.84. The third kappa shape index (κ3) is 7.43. The van der Waals surface area contributed by atoms with Gasteiger partial charge in [-0.3, -0.25) is 4.99 Å². The Morgan fingerprint density at radius 3 is 2.12 bits per heavy atom. The molecule has 0 heterocycles. The standard InChI is InChI=1S/C22H22F3N3O.C3H8/c1-5-19(26-6-2)18-13-15(21(14-29)28(3)4)7-12-20(18)27-17-10-8-16(9-11-17)22(23,24)25;1-3-2/h5-13,27H,1-4H3;3H2,1-2H3/b19-5-,26-6?;. The highest BCUT2D eigenvalue weighted by Gasteiger charge is 2.30. The van der Waals surface area contributed by atoms with Crippen molar-refractivity contribution in [3.63, 3.8) is 0 Å². The van der Waals surface area contributed by atoms with Gasteiger partial charge in [0.2, 0.25) is 0 Å². The summed E-state index contributed by atoms with van der Waals surface area (Å²) in [6, 6.07) is 10.1. The molecule has 0 spiro atoms. The molecule has 2 aromatic carbocycles. The number of alkyl halides is 3. The second kappa shape index (κ2) is 12.5. The predicted molar refractivity (Wildman–Crippen MR) is 128 cm³/mol. The zero-order valence-electron chi connectivity index (χ0n) is 19.3. The van der Waals surface area contributed by atoms with Gasteiger partial charge in [-0.05, 0) is 50.2 Å². The van der Waals surface area contributed by atoms with E-state index in [-0.39, 0.29) is 0 Å². The van der Waals surface area contributed by atoms with E-state index in [0.29, 0.717) is 33.9 Å². The van der Waals surface area contributed by atoms with Crippen LogP contribution in [0.1, 0.15) is 50.8 Å². The Balaban J connectivity index is 0.00000161. The maximum absolute atomic E-state index is 12.8. The first kappa shape index (κ1) is 26.7.